The molecule has 2 aromatic carbocycles. The van der Waals surface area contributed by atoms with Crippen LogP contribution in [0.5, 0.6) is 0 Å². The molecule has 0 aliphatic rings. The van der Waals surface area contributed by atoms with Crippen LogP contribution >= 0.6 is 11.3 Å². The van der Waals surface area contributed by atoms with Gasteiger partial charge in [-0.1, -0.05) is 18.2 Å². The summed E-state index contributed by atoms with van der Waals surface area (Å²) in [7, 11) is 1.35. The lowest BCUT2D eigenvalue weighted by Crippen LogP contribution is -2.39. The maximum absolute atomic E-state index is 13.9. The summed E-state index contributed by atoms with van der Waals surface area (Å²) in [6, 6.07) is 7.63. The number of aromatic nitrogens is 1. The molecule has 2 N–H and O–H groups in total. The molecule has 5 nitrogen and oxygen atoms in total. The Bertz CT molecular complexity index is 1040. The van der Waals surface area contributed by atoms with E-state index in [1.165, 1.54) is 36.7 Å². The van der Waals surface area contributed by atoms with E-state index in [1.807, 2.05) is 0 Å². The van der Waals surface area contributed by atoms with Crippen LogP contribution in [0, 0.1) is 17.5 Å². The molecule has 0 aliphatic carbocycles. The monoisotopic (exact) mass is 405 g/mol. The summed E-state index contributed by atoms with van der Waals surface area (Å²) >= 11 is 1.06. The molecule has 2 amide bonds. The summed E-state index contributed by atoms with van der Waals surface area (Å²) in [5, 5.41) is 6.51. The molecule has 0 spiro atoms. The molecule has 0 saturated heterocycles. The van der Waals surface area contributed by atoms with Crippen molar-refractivity contribution in [2.75, 3.05) is 7.05 Å². The van der Waals surface area contributed by atoms with Crippen LogP contribution in [0.4, 0.5) is 13.2 Å². The van der Waals surface area contributed by atoms with E-state index in [2.05, 4.69) is 15.6 Å². The Morgan fingerprint density at radius 2 is 1.79 bits per heavy atom. The van der Waals surface area contributed by atoms with Gasteiger partial charge in [-0.3, -0.25) is 9.59 Å². The molecule has 1 aromatic heterocycles. The van der Waals surface area contributed by atoms with Gasteiger partial charge in [0, 0.05) is 18.0 Å². The fourth-order valence-corrected chi connectivity index (χ4v) is 3.30. The third kappa shape index (κ3) is 4.04. The number of nitrogens with zero attached hydrogens (tertiary/aromatic N) is 1. The summed E-state index contributed by atoms with van der Waals surface area (Å²) in [6.45, 7) is 0. The number of nitrogens with one attached hydrogen (secondary N) is 2. The van der Waals surface area contributed by atoms with Gasteiger partial charge in [-0.15, -0.1) is 11.3 Å². The lowest BCUT2D eigenvalue weighted by Gasteiger charge is -2.17. The van der Waals surface area contributed by atoms with E-state index in [4.69, 9.17) is 0 Å². The summed E-state index contributed by atoms with van der Waals surface area (Å²) in [6.07, 6.45) is 0. The van der Waals surface area contributed by atoms with E-state index >= 15 is 0 Å². The first kappa shape index (κ1) is 19.6. The fourth-order valence-electron chi connectivity index (χ4n) is 2.48. The van der Waals surface area contributed by atoms with Crippen LogP contribution in [0.2, 0.25) is 0 Å². The highest BCUT2D eigenvalue weighted by Gasteiger charge is 2.25. The van der Waals surface area contributed by atoms with Gasteiger partial charge in [-0.05, 0) is 29.8 Å². The predicted molar refractivity (Wildman–Crippen MR) is 98.1 cm³/mol. The molecule has 28 heavy (non-hydrogen) atoms. The Morgan fingerprint density at radius 3 is 2.46 bits per heavy atom. The Morgan fingerprint density at radius 1 is 1.04 bits per heavy atom. The van der Waals surface area contributed by atoms with Crippen molar-refractivity contribution in [2.24, 2.45) is 0 Å². The predicted octanol–water partition coefficient (Wildman–Crippen LogP) is 3.44. The summed E-state index contributed by atoms with van der Waals surface area (Å²) in [4.78, 5) is 28.8. The molecule has 0 fully saturated rings. The molecular weight excluding hydrogens is 391 g/mol. The van der Waals surface area contributed by atoms with Crippen LogP contribution in [0.25, 0.3) is 10.6 Å². The van der Waals surface area contributed by atoms with Gasteiger partial charge >= 0.3 is 0 Å². The number of thiazole rings is 1. The molecule has 0 bridgehead atoms. The Hall–Kier alpha value is -3.20. The van der Waals surface area contributed by atoms with Crippen molar-refractivity contribution in [1.82, 2.24) is 15.6 Å². The molecule has 1 unspecified atom stereocenters. The average molecular weight is 405 g/mol. The smallest absolute Gasteiger partial charge is 0.271 e. The highest BCUT2D eigenvalue weighted by atomic mass is 32.1. The molecule has 0 radical (unpaired) electrons. The first-order chi connectivity index (χ1) is 13.4. The Balaban J connectivity index is 1.86. The number of hydrogen-bond donors (Lipinski definition) is 2. The molecule has 1 heterocycles. The van der Waals surface area contributed by atoms with Crippen LogP contribution < -0.4 is 10.6 Å². The second-order valence-corrected chi connectivity index (χ2v) is 6.57. The SMILES string of the molecule is CNC(=O)C(NC(=O)c1csc(-c2ccccc2F)n1)c1ccc(F)c(F)c1. The van der Waals surface area contributed by atoms with Gasteiger partial charge in [0.2, 0.25) is 5.91 Å². The summed E-state index contributed by atoms with van der Waals surface area (Å²) < 4.78 is 40.6. The lowest BCUT2D eigenvalue weighted by molar-refractivity contribution is -0.122. The topological polar surface area (TPSA) is 71.1 Å². The van der Waals surface area contributed by atoms with Gasteiger partial charge in [0.05, 0.1) is 0 Å². The van der Waals surface area contributed by atoms with Gasteiger partial charge in [-0.25, -0.2) is 18.2 Å². The summed E-state index contributed by atoms with van der Waals surface area (Å²) in [5.41, 5.74) is 0.283. The van der Waals surface area contributed by atoms with Gasteiger partial charge in [0.1, 0.15) is 22.6 Å². The molecule has 0 saturated carbocycles. The molecule has 3 rings (SSSR count). The quantitative estimate of drug-likeness (QED) is 0.683. The standard InChI is InChI=1S/C19H14F3N3O2S/c1-23-18(27)16(10-6-7-13(21)14(22)8-10)25-17(26)15-9-28-19(24-15)11-4-2-3-5-12(11)20/h2-9,16H,1H3,(H,23,27)(H,25,26). The van der Waals surface area contributed by atoms with E-state index in [0.717, 1.165) is 23.5 Å². The fraction of sp³-hybridized carbons (Fsp3) is 0.105. The normalized spacial score (nSPS) is 11.7. The van der Waals surface area contributed by atoms with Gasteiger partial charge in [-0.2, -0.15) is 0 Å². The zero-order valence-electron chi connectivity index (χ0n) is 14.5. The number of hydrogen-bond acceptors (Lipinski definition) is 4. The molecule has 0 aliphatic heterocycles. The van der Waals surface area contributed by atoms with Gasteiger partial charge in [0.25, 0.3) is 5.91 Å². The van der Waals surface area contributed by atoms with Crippen molar-refractivity contribution in [3.8, 4) is 10.6 Å². The highest BCUT2D eigenvalue weighted by Crippen LogP contribution is 2.26. The van der Waals surface area contributed by atoms with Crippen LogP contribution in [0.3, 0.4) is 0 Å². The Kier molecular flexibility index (Phi) is 5.74. The van der Waals surface area contributed by atoms with E-state index in [0.29, 0.717) is 5.01 Å². The number of amides is 2. The van der Waals surface area contributed by atoms with E-state index in [-0.39, 0.29) is 16.8 Å². The van der Waals surface area contributed by atoms with Crippen molar-refractivity contribution in [2.45, 2.75) is 6.04 Å². The third-order valence-corrected chi connectivity index (χ3v) is 4.78. The summed E-state index contributed by atoms with van der Waals surface area (Å²) in [5.74, 6) is -4.02. The molecule has 1 atom stereocenters. The number of halogens is 3. The zero-order chi connectivity index (χ0) is 20.3. The molecular formula is C19H14F3N3O2S. The Labute approximate surface area is 162 Å². The van der Waals surface area contributed by atoms with Crippen molar-refractivity contribution in [3.63, 3.8) is 0 Å². The number of likely N-dealkylation sites (N-methyl/N-ethyl adjacent to an activating group) is 1. The van der Waals surface area contributed by atoms with E-state index in [1.54, 1.807) is 6.07 Å². The maximum Gasteiger partial charge on any atom is 0.271 e. The van der Waals surface area contributed by atoms with Crippen molar-refractivity contribution >= 4 is 23.2 Å². The lowest BCUT2D eigenvalue weighted by atomic mass is 10.1. The molecule has 3 aromatic rings. The second-order valence-electron chi connectivity index (χ2n) is 5.71. The second kappa shape index (κ2) is 8.22. The largest absolute Gasteiger partial charge is 0.357 e. The van der Waals surface area contributed by atoms with Crippen LogP contribution in [-0.4, -0.2) is 23.8 Å². The minimum atomic E-state index is -1.26. The van der Waals surface area contributed by atoms with Crippen LogP contribution in [-0.2, 0) is 4.79 Å². The average Bonchev–Trinajstić information content (AvgIpc) is 3.18. The van der Waals surface area contributed by atoms with Gasteiger partial charge in [0.15, 0.2) is 11.6 Å². The van der Waals surface area contributed by atoms with Crippen molar-refractivity contribution in [3.05, 3.63) is 76.6 Å². The van der Waals surface area contributed by atoms with Crippen molar-refractivity contribution in [1.29, 1.82) is 0 Å². The van der Waals surface area contributed by atoms with Crippen LogP contribution in [0.15, 0.2) is 47.8 Å². The highest BCUT2D eigenvalue weighted by molar-refractivity contribution is 7.13. The number of rotatable bonds is 5. The minimum Gasteiger partial charge on any atom is -0.357 e. The third-order valence-electron chi connectivity index (χ3n) is 3.90. The van der Waals surface area contributed by atoms with Crippen molar-refractivity contribution < 1.29 is 22.8 Å². The van der Waals surface area contributed by atoms with E-state index < -0.39 is 35.3 Å². The number of carbonyl (C=O) groups is 2. The van der Waals surface area contributed by atoms with Gasteiger partial charge < -0.3 is 10.6 Å². The maximum atomic E-state index is 13.9. The zero-order valence-corrected chi connectivity index (χ0v) is 15.3. The molecule has 144 valence electrons. The first-order valence-electron chi connectivity index (χ1n) is 8.08. The van der Waals surface area contributed by atoms with Crippen LogP contribution in [0.1, 0.15) is 22.1 Å². The minimum absolute atomic E-state index is 0.0280. The number of benzene rings is 2. The molecule has 9 heteroatoms. The number of carbonyl (C=O) groups excluding carboxylic acids is 2. The van der Waals surface area contributed by atoms with E-state index in [9.17, 15) is 22.8 Å². The first-order valence-corrected chi connectivity index (χ1v) is 8.96.